The van der Waals surface area contributed by atoms with Gasteiger partial charge in [0.2, 0.25) is 5.91 Å². The summed E-state index contributed by atoms with van der Waals surface area (Å²) in [6.07, 6.45) is 0. The molecule has 0 saturated heterocycles. The van der Waals surface area contributed by atoms with Gasteiger partial charge >= 0.3 is 5.97 Å². The van der Waals surface area contributed by atoms with E-state index in [1.807, 2.05) is 0 Å². The van der Waals surface area contributed by atoms with Gasteiger partial charge in [0, 0.05) is 5.69 Å². The fourth-order valence-electron chi connectivity index (χ4n) is 1.19. The smallest absolute Gasteiger partial charge is 0.336 e. The summed E-state index contributed by atoms with van der Waals surface area (Å²) in [6, 6.07) is 4.77. The molecular formula is C10H10BrNO3. The van der Waals surface area contributed by atoms with Crippen LogP contribution in [0.1, 0.15) is 15.9 Å². The lowest BCUT2D eigenvalue weighted by molar-refractivity contribution is -0.113. The molecule has 0 spiro atoms. The van der Waals surface area contributed by atoms with Gasteiger partial charge in [-0.1, -0.05) is 22.0 Å². The van der Waals surface area contributed by atoms with E-state index in [2.05, 4.69) is 21.2 Å². The number of nitrogens with one attached hydrogen (secondary N) is 1. The number of carbonyl (C=O) groups excluding carboxylic acids is 1. The van der Waals surface area contributed by atoms with Crippen molar-refractivity contribution in [3.8, 4) is 0 Å². The second-order valence-electron chi connectivity index (χ2n) is 2.97. The third kappa shape index (κ3) is 2.79. The van der Waals surface area contributed by atoms with Gasteiger partial charge in [0.1, 0.15) is 0 Å². The average Bonchev–Trinajstić information content (AvgIpc) is 2.20. The van der Waals surface area contributed by atoms with Crippen molar-refractivity contribution < 1.29 is 14.7 Å². The predicted octanol–water partition coefficient (Wildman–Crippen LogP) is 2.03. The van der Waals surface area contributed by atoms with E-state index in [9.17, 15) is 9.59 Å². The number of carbonyl (C=O) groups is 2. The zero-order valence-electron chi connectivity index (χ0n) is 8.08. The molecule has 0 aliphatic rings. The van der Waals surface area contributed by atoms with Gasteiger partial charge < -0.3 is 10.4 Å². The Balaban J connectivity index is 3.04. The number of carboxylic acids is 1. The van der Waals surface area contributed by atoms with Crippen molar-refractivity contribution in [1.82, 2.24) is 0 Å². The highest BCUT2D eigenvalue weighted by atomic mass is 79.9. The Morgan fingerprint density at radius 1 is 1.47 bits per heavy atom. The molecule has 0 fully saturated rings. The molecule has 0 unspecified atom stereocenters. The summed E-state index contributed by atoms with van der Waals surface area (Å²) in [5.74, 6) is -1.21. The molecule has 80 valence electrons. The number of hydrogen-bond donors (Lipinski definition) is 2. The van der Waals surface area contributed by atoms with Crippen LogP contribution in [0.3, 0.4) is 0 Å². The third-order valence-corrected chi connectivity index (χ3v) is 2.47. The molecule has 0 heterocycles. The SMILES string of the molecule is Cc1c(NC(=O)CBr)cccc1C(=O)O. The van der Waals surface area contributed by atoms with Crippen molar-refractivity contribution in [2.24, 2.45) is 0 Å². The van der Waals surface area contributed by atoms with E-state index < -0.39 is 5.97 Å². The number of alkyl halides is 1. The Bertz CT molecular complexity index is 404. The molecule has 1 aromatic carbocycles. The van der Waals surface area contributed by atoms with Crippen LogP contribution in [0.2, 0.25) is 0 Å². The molecule has 1 aromatic rings. The van der Waals surface area contributed by atoms with Crippen LogP contribution in [0.4, 0.5) is 5.69 Å². The first-order chi connectivity index (χ1) is 7.06. The molecule has 4 nitrogen and oxygen atoms in total. The Morgan fingerprint density at radius 2 is 2.13 bits per heavy atom. The maximum absolute atomic E-state index is 11.1. The molecule has 0 aliphatic carbocycles. The quantitative estimate of drug-likeness (QED) is 0.827. The van der Waals surface area contributed by atoms with Crippen LogP contribution in [0, 0.1) is 6.92 Å². The lowest BCUT2D eigenvalue weighted by atomic mass is 10.1. The standard InChI is InChI=1S/C10H10BrNO3/c1-6-7(10(14)15)3-2-4-8(6)12-9(13)5-11/h2-4H,5H2,1H3,(H,12,13)(H,14,15). The highest BCUT2D eigenvalue weighted by Crippen LogP contribution is 2.18. The van der Waals surface area contributed by atoms with Gasteiger partial charge in [-0.15, -0.1) is 0 Å². The van der Waals surface area contributed by atoms with E-state index in [-0.39, 0.29) is 16.8 Å². The minimum Gasteiger partial charge on any atom is -0.478 e. The highest BCUT2D eigenvalue weighted by molar-refractivity contribution is 9.09. The van der Waals surface area contributed by atoms with E-state index in [4.69, 9.17) is 5.11 Å². The van der Waals surface area contributed by atoms with Gasteiger partial charge in [-0.3, -0.25) is 4.79 Å². The minimum atomic E-state index is -0.998. The lowest BCUT2D eigenvalue weighted by Gasteiger charge is -2.08. The number of benzene rings is 1. The fourth-order valence-corrected chi connectivity index (χ4v) is 1.33. The Labute approximate surface area is 95.4 Å². The summed E-state index contributed by atoms with van der Waals surface area (Å²) in [5, 5.41) is 11.6. The van der Waals surface area contributed by atoms with Gasteiger partial charge in [0.25, 0.3) is 0 Å². The van der Waals surface area contributed by atoms with Crippen molar-refractivity contribution in [3.05, 3.63) is 29.3 Å². The second kappa shape index (κ2) is 4.93. The molecule has 0 saturated carbocycles. The number of anilines is 1. The molecule has 0 atom stereocenters. The van der Waals surface area contributed by atoms with E-state index in [0.717, 1.165) is 0 Å². The molecule has 5 heteroatoms. The van der Waals surface area contributed by atoms with Crippen molar-refractivity contribution in [2.75, 3.05) is 10.6 Å². The monoisotopic (exact) mass is 271 g/mol. The number of amides is 1. The summed E-state index contributed by atoms with van der Waals surface area (Å²) in [7, 11) is 0. The first kappa shape index (κ1) is 11.7. The maximum atomic E-state index is 11.1. The summed E-state index contributed by atoms with van der Waals surface area (Å²) in [4.78, 5) is 21.9. The summed E-state index contributed by atoms with van der Waals surface area (Å²) < 4.78 is 0. The van der Waals surface area contributed by atoms with Gasteiger partial charge in [0.05, 0.1) is 10.9 Å². The van der Waals surface area contributed by atoms with Gasteiger partial charge in [0.15, 0.2) is 0 Å². The molecule has 0 radical (unpaired) electrons. The first-order valence-electron chi connectivity index (χ1n) is 4.25. The largest absolute Gasteiger partial charge is 0.478 e. The van der Waals surface area contributed by atoms with Crippen LogP contribution in [0.15, 0.2) is 18.2 Å². The topological polar surface area (TPSA) is 66.4 Å². The van der Waals surface area contributed by atoms with Crippen LogP contribution < -0.4 is 5.32 Å². The predicted molar refractivity (Wildman–Crippen MR) is 60.6 cm³/mol. The van der Waals surface area contributed by atoms with Crippen molar-refractivity contribution in [2.45, 2.75) is 6.92 Å². The highest BCUT2D eigenvalue weighted by Gasteiger charge is 2.10. The minimum absolute atomic E-state index is 0.184. The van der Waals surface area contributed by atoms with Gasteiger partial charge in [-0.25, -0.2) is 4.79 Å². The molecule has 0 aromatic heterocycles. The Hall–Kier alpha value is -1.36. The molecule has 1 rings (SSSR count). The van der Waals surface area contributed by atoms with Crippen molar-refractivity contribution >= 4 is 33.5 Å². The zero-order chi connectivity index (χ0) is 11.4. The van der Waals surface area contributed by atoms with Crippen molar-refractivity contribution in [1.29, 1.82) is 0 Å². The lowest BCUT2D eigenvalue weighted by Crippen LogP contribution is -2.14. The maximum Gasteiger partial charge on any atom is 0.336 e. The number of carboxylic acid groups (broad SMARTS) is 1. The number of aromatic carboxylic acids is 1. The number of hydrogen-bond acceptors (Lipinski definition) is 2. The van der Waals surface area contributed by atoms with Crippen LogP contribution in [-0.2, 0) is 4.79 Å². The summed E-state index contributed by atoms with van der Waals surface area (Å²) in [5.41, 5.74) is 1.28. The van der Waals surface area contributed by atoms with Crippen LogP contribution in [0.5, 0.6) is 0 Å². The van der Waals surface area contributed by atoms with Gasteiger partial charge in [-0.05, 0) is 24.6 Å². The fraction of sp³-hybridized carbons (Fsp3) is 0.200. The van der Waals surface area contributed by atoms with Crippen molar-refractivity contribution in [3.63, 3.8) is 0 Å². The van der Waals surface area contributed by atoms with Gasteiger partial charge in [-0.2, -0.15) is 0 Å². The molecule has 0 bridgehead atoms. The molecular weight excluding hydrogens is 262 g/mol. The normalized spacial score (nSPS) is 9.73. The average molecular weight is 272 g/mol. The number of rotatable bonds is 3. The molecule has 15 heavy (non-hydrogen) atoms. The second-order valence-corrected chi connectivity index (χ2v) is 3.53. The Kier molecular flexibility index (Phi) is 3.85. The van der Waals surface area contributed by atoms with Crippen LogP contribution in [0.25, 0.3) is 0 Å². The zero-order valence-corrected chi connectivity index (χ0v) is 9.67. The molecule has 0 aliphatic heterocycles. The summed E-state index contributed by atoms with van der Waals surface area (Å²) in [6.45, 7) is 1.66. The molecule has 2 N–H and O–H groups in total. The number of halogens is 1. The first-order valence-corrected chi connectivity index (χ1v) is 5.37. The van der Waals surface area contributed by atoms with E-state index >= 15 is 0 Å². The van der Waals surface area contributed by atoms with E-state index in [1.54, 1.807) is 19.1 Å². The Morgan fingerprint density at radius 3 is 2.67 bits per heavy atom. The molecule has 1 amide bonds. The summed E-state index contributed by atoms with van der Waals surface area (Å²) >= 11 is 3.02. The van der Waals surface area contributed by atoms with Crippen LogP contribution in [-0.4, -0.2) is 22.3 Å². The van der Waals surface area contributed by atoms with E-state index in [0.29, 0.717) is 11.3 Å². The third-order valence-electron chi connectivity index (χ3n) is 1.96. The van der Waals surface area contributed by atoms with Crippen LogP contribution >= 0.6 is 15.9 Å². The van der Waals surface area contributed by atoms with E-state index in [1.165, 1.54) is 6.07 Å².